The standard InChI is InChI=1S/C15H21N5O2/c1-11(10-22-3)20-9-7-14(19-20)18-15(21)17-12(2)13-6-4-5-8-16-13/h4-9,11-12H,10H2,1-3H3,(H2,17,18,19,21). The van der Waals surface area contributed by atoms with Crippen molar-refractivity contribution in [3.05, 3.63) is 42.4 Å². The lowest BCUT2D eigenvalue weighted by Crippen LogP contribution is -2.31. The Bertz CT molecular complexity index is 599. The maximum absolute atomic E-state index is 12.0. The molecule has 0 aliphatic rings. The summed E-state index contributed by atoms with van der Waals surface area (Å²) in [6.45, 7) is 4.43. The molecular weight excluding hydrogens is 282 g/mol. The van der Waals surface area contributed by atoms with Crippen LogP contribution in [0.15, 0.2) is 36.7 Å². The van der Waals surface area contributed by atoms with E-state index in [4.69, 9.17) is 4.74 Å². The topological polar surface area (TPSA) is 81.1 Å². The minimum absolute atomic E-state index is 0.107. The highest BCUT2D eigenvalue weighted by Crippen LogP contribution is 2.11. The fourth-order valence-electron chi connectivity index (χ4n) is 2.02. The van der Waals surface area contributed by atoms with Crippen LogP contribution in [0.3, 0.4) is 0 Å². The summed E-state index contributed by atoms with van der Waals surface area (Å²) >= 11 is 0. The second-order valence-electron chi connectivity index (χ2n) is 5.06. The zero-order valence-electron chi connectivity index (χ0n) is 13.0. The highest BCUT2D eigenvalue weighted by molar-refractivity contribution is 5.88. The quantitative estimate of drug-likeness (QED) is 0.858. The van der Waals surface area contributed by atoms with Crippen LogP contribution in [0.25, 0.3) is 0 Å². The highest BCUT2D eigenvalue weighted by Gasteiger charge is 2.12. The number of nitrogens with one attached hydrogen (secondary N) is 2. The predicted octanol–water partition coefficient (Wildman–Crippen LogP) is 2.37. The first-order valence-corrected chi connectivity index (χ1v) is 7.12. The second kappa shape index (κ2) is 7.56. The molecule has 2 N–H and O–H groups in total. The Balaban J connectivity index is 1.89. The molecule has 22 heavy (non-hydrogen) atoms. The molecule has 2 aromatic heterocycles. The van der Waals surface area contributed by atoms with E-state index in [0.29, 0.717) is 12.4 Å². The number of carbonyl (C=O) groups is 1. The normalized spacial score (nSPS) is 13.4. The van der Waals surface area contributed by atoms with Crippen molar-refractivity contribution in [3.63, 3.8) is 0 Å². The molecule has 0 bridgehead atoms. The average molecular weight is 303 g/mol. The third-order valence-corrected chi connectivity index (χ3v) is 3.19. The highest BCUT2D eigenvalue weighted by atomic mass is 16.5. The van der Waals surface area contributed by atoms with Crippen molar-refractivity contribution in [3.8, 4) is 0 Å². The van der Waals surface area contributed by atoms with Gasteiger partial charge in [0.05, 0.1) is 24.4 Å². The van der Waals surface area contributed by atoms with Crippen molar-refractivity contribution in [1.82, 2.24) is 20.1 Å². The molecule has 2 amide bonds. The summed E-state index contributed by atoms with van der Waals surface area (Å²) in [6.07, 6.45) is 3.51. The van der Waals surface area contributed by atoms with E-state index in [0.717, 1.165) is 5.69 Å². The number of pyridine rings is 1. The van der Waals surface area contributed by atoms with Crippen LogP contribution in [0, 0.1) is 0 Å². The van der Waals surface area contributed by atoms with Crippen molar-refractivity contribution in [2.45, 2.75) is 25.9 Å². The number of ether oxygens (including phenoxy) is 1. The van der Waals surface area contributed by atoms with Crippen molar-refractivity contribution in [1.29, 1.82) is 0 Å². The van der Waals surface area contributed by atoms with Gasteiger partial charge in [0.1, 0.15) is 0 Å². The van der Waals surface area contributed by atoms with Gasteiger partial charge in [-0.2, -0.15) is 5.10 Å². The fourth-order valence-corrected chi connectivity index (χ4v) is 2.02. The Morgan fingerprint density at radius 2 is 2.18 bits per heavy atom. The number of anilines is 1. The van der Waals surface area contributed by atoms with E-state index in [1.54, 1.807) is 24.1 Å². The number of carbonyl (C=O) groups excluding carboxylic acids is 1. The summed E-state index contributed by atoms with van der Waals surface area (Å²) < 4.78 is 6.83. The molecule has 2 unspecified atom stereocenters. The van der Waals surface area contributed by atoms with Gasteiger partial charge in [0.2, 0.25) is 0 Å². The van der Waals surface area contributed by atoms with E-state index < -0.39 is 0 Å². The molecule has 0 saturated heterocycles. The van der Waals surface area contributed by atoms with Crippen molar-refractivity contribution >= 4 is 11.8 Å². The van der Waals surface area contributed by atoms with Crippen LogP contribution in [0.2, 0.25) is 0 Å². The third-order valence-electron chi connectivity index (χ3n) is 3.19. The molecule has 0 aliphatic carbocycles. The predicted molar refractivity (Wildman–Crippen MR) is 83.6 cm³/mol. The van der Waals surface area contributed by atoms with E-state index in [1.807, 2.05) is 38.2 Å². The molecule has 118 valence electrons. The number of nitrogens with zero attached hydrogens (tertiary/aromatic N) is 3. The molecule has 0 aromatic carbocycles. The average Bonchev–Trinajstić information content (AvgIpc) is 2.96. The minimum Gasteiger partial charge on any atom is -0.382 e. The Labute approximate surface area is 129 Å². The molecule has 7 heteroatoms. The molecule has 0 spiro atoms. The molecular formula is C15H21N5O2. The molecule has 7 nitrogen and oxygen atoms in total. The first kappa shape index (κ1) is 16.0. The number of aromatic nitrogens is 3. The van der Waals surface area contributed by atoms with Crippen LogP contribution in [-0.2, 0) is 4.74 Å². The molecule has 2 heterocycles. The summed E-state index contributed by atoms with van der Waals surface area (Å²) in [7, 11) is 1.64. The van der Waals surface area contributed by atoms with Gasteiger partial charge < -0.3 is 10.1 Å². The summed E-state index contributed by atoms with van der Waals surface area (Å²) in [4.78, 5) is 16.2. The summed E-state index contributed by atoms with van der Waals surface area (Å²) in [5.74, 6) is 0.494. The Morgan fingerprint density at radius 1 is 1.36 bits per heavy atom. The lowest BCUT2D eigenvalue weighted by atomic mass is 10.2. The first-order valence-electron chi connectivity index (χ1n) is 7.12. The summed E-state index contributed by atoms with van der Waals surface area (Å²) in [5.41, 5.74) is 0.803. The van der Waals surface area contributed by atoms with Crippen molar-refractivity contribution in [2.75, 3.05) is 19.0 Å². The number of urea groups is 1. The van der Waals surface area contributed by atoms with Gasteiger partial charge >= 0.3 is 6.03 Å². The molecule has 2 aromatic rings. The maximum atomic E-state index is 12.0. The lowest BCUT2D eigenvalue weighted by molar-refractivity contribution is 0.157. The van der Waals surface area contributed by atoms with Crippen LogP contribution < -0.4 is 10.6 Å². The first-order chi connectivity index (χ1) is 10.6. The summed E-state index contributed by atoms with van der Waals surface area (Å²) in [5, 5.41) is 9.83. The second-order valence-corrected chi connectivity index (χ2v) is 5.06. The van der Waals surface area contributed by atoms with Gasteiger partial charge in [-0.15, -0.1) is 0 Å². The fraction of sp³-hybridized carbons (Fsp3) is 0.400. The zero-order valence-corrected chi connectivity index (χ0v) is 13.0. The smallest absolute Gasteiger partial charge is 0.320 e. The Morgan fingerprint density at radius 3 is 2.86 bits per heavy atom. The van der Waals surface area contributed by atoms with Crippen molar-refractivity contribution in [2.24, 2.45) is 0 Å². The van der Waals surface area contributed by atoms with Gasteiger partial charge in [0.25, 0.3) is 0 Å². The Hall–Kier alpha value is -2.41. The molecule has 2 rings (SSSR count). The largest absolute Gasteiger partial charge is 0.382 e. The van der Waals surface area contributed by atoms with Crippen LogP contribution in [0.4, 0.5) is 10.6 Å². The molecule has 0 saturated carbocycles. The van der Waals surface area contributed by atoms with Crippen LogP contribution in [-0.4, -0.2) is 34.5 Å². The van der Waals surface area contributed by atoms with Gasteiger partial charge in [0.15, 0.2) is 5.82 Å². The van der Waals surface area contributed by atoms with Crippen LogP contribution >= 0.6 is 0 Å². The van der Waals surface area contributed by atoms with Gasteiger partial charge in [0, 0.05) is 25.6 Å². The van der Waals surface area contributed by atoms with Gasteiger partial charge in [-0.25, -0.2) is 4.79 Å². The van der Waals surface area contributed by atoms with Gasteiger partial charge in [-0.05, 0) is 26.0 Å². The van der Waals surface area contributed by atoms with E-state index in [1.165, 1.54) is 0 Å². The van der Waals surface area contributed by atoms with Crippen LogP contribution in [0.1, 0.15) is 31.6 Å². The number of amides is 2. The number of rotatable bonds is 6. The summed E-state index contributed by atoms with van der Waals surface area (Å²) in [6, 6.07) is 6.94. The molecule has 0 aliphatic heterocycles. The Kier molecular flexibility index (Phi) is 5.48. The number of hydrogen-bond donors (Lipinski definition) is 2. The third kappa shape index (κ3) is 4.29. The van der Waals surface area contributed by atoms with Gasteiger partial charge in [-0.1, -0.05) is 6.07 Å². The molecule has 0 radical (unpaired) electrons. The minimum atomic E-state index is -0.317. The SMILES string of the molecule is COCC(C)n1ccc(NC(=O)NC(C)c2ccccn2)n1. The lowest BCUT2D eigenvalue weighted by Gasteiger charge is -2.13. The van der Waals surface area contributed by atoms with E-state index >= 15 is 0 Å². The number of hydrogen-bond acceptors (Lipinski definition) is 4. The molecule has 0 fully saturated rings. The maximum Gasteiger partial charge on any atom is 0.320 e. The van der Waals surface area contributed by atoms with E-state index in [2.05, 4.69) is 20.7 Å². The van der Waals surface area contributed by atoms with E-state index in [9.17, 15) is 4.79 Å². The zero-order chi connectivity index (χ0) is 15.9. The van der Waals surface area contributed by atoms with E-state index in [-0.39, 0.29) is 18.1 Å². The molecule has 2 atom stereocenters. The van der Waals surface area contributed by atoms with Crippen LogP contribution in [0.5, 0.6) is 0 Å². The van der Waals surface area contributed by atoms with Crippen molar-refractivity contribution < 1.29 is 9.53 Å². The number of methoxy groups -OCH3 is 1. The monoisotopic (exact) mass is 303 g/mol. The van der Waals surface area contributed by atoms with Gasteiger partial charge in [-0.3, -0.25) is 15.0 Å².